The Hall–Kier alpha value is -2.77. The maximum atomic E-state index is 13.7. The Bertz CT molecular complexity index is 1110. The number of rotatable bonds is 9. The summed E-state index contributed by atoms with van der Waals surface area (Å²) in [6.07, 6.45) is -19.2. The Morgan fingerprint density at radius 3 is 2.02 bits per heavy atom. The SMILES string of the molecule is OC(CN(CC1CCC(C(F)(F)C(F)(F)F)CC1)c1cccc(OCc2cccc(C(F)(F)F)c2)c1)C(F)(F)F. The van der Waals surface area contributed by atoms with Crippen LogP contribution in [-0.4, -0.2) is 42.6 Å². The van der Waals surface area contributed by atoms with Gasteiger partial charge in [0, 0.05) is 24.2 Å². The van der Waals surface area contributed by atoms with Crippen LogP contribution in [0.15, 0.2) is 48.5 Å². The summed E-state index contributed by atoms with van der Waals surface area (Å²) < 4.78 is 149. The first-order valence-electron chi connectivity index (χ1n) is 12.2. The van der Waals surface area contributed by atoms with E-state index in [1.165, 1.54) is 36.4 Å². The summed E-state index contributed by atoms with van der Waals surface area (Å²) in [7, 11) is 0. The highest BCUT2D eigenvalue weighted by molar-refractivity contribution is 5.51. The second-order valence-corrected chi connectivity index (χ2v) is 9.78. The number of aliphatic hydroxyl groups excluding tert-OH is 1. The van der Waals surface area contributed by atoms with Crippen LogP contribution in [0.5, 0.6) is 5.75 Å². The predicted molar refractivity (Wildman–Crippen MR) is 123 cm³/mol. The molecule has 0 spiro atoms. The molecule has 1 atom stereocenters. The van der Waals surface area contributed by atoms with E-state index in [0.717, 1.165) is 17.0 Å². The number of ether oxygens (including phenoxy) is 1. The first kappa shape index (κ1) is 31.8. The third kappa shape index (κ3) is 8.14. The summed E-state index contributed by atoms with van der Waals surface area (Å²) in [5.41, 5.74) is -0.582. The van der Waals surface area contributed by atoms with E-state index >= 15 is 0 Å². The number of hydrogen-bond donors (Lipinski definition) is 1. The van der Waals surface area contributed by atoms with Crippen LogP contribution >= 0.6 is 0 Å². The fraction of sp³-hybridized carbons (Fsp3) is 0.538. The zero-order valence-corrected chi connectivity index (χ0v) is 20.8. The maximum Gasteiger partial charge on any atom is 0.453 e. The summed E-state index contributed by atoms with van der Waals surface area (Å²) in [5, 5.41) is 9.68. The Labute approximate surface area is 222 Å². The highest BCUT2D eigenvalue weighted by Crippen LogP contribution is 2.47. The van der Waals surface area contributed by atoms with Gasteiger partial charge in [-0.3, -0.25) is 0 Å². The lowest BCUT2D eigenvalue weighted by Gasteiger charge is -2.37. The highest BCUT2D eigenvalue weighted by Gasteiger charge is 2.62. The molecule has 1 fully saturated rings. The predicted octanol–water partition coefficient (Wildman–Crippen LogP) is 8.02. The number of halogens is 11. The van der Waals surface area contributed by atoms with Gasteiger partial charge in [0.25, 0.3) is 0 Å². The van der Waals surface area contributed by atoms with Crippen molar-refractivity contribution < 1.29 is 58.1 Å². The van der Waals surface area contributed by atoms with Gasteiger partial charge in [0.15, 0.2) is 6.10 Å². The van der Waals surface area contributed by atoms with E-state index in [4.69, 9.17) is 4.74 Å². The molecule has 40 heavy (non-hydrogen) atoms. The van der Waals surface area contributed by atoms with Crippen LogP contribution in [0.25, 0.3) is 0 Å². The smallest absolute Gasteiger partial charge is 0.453 e. The van der Waals surface area contributed by atoms with Crippen molar-refractivity contribution in [2.75, 3.05) is 18.0 Å². The number of nitrogens with zero attached hydrogens (tertiary/aromatic N) is 1. The van der Waals surface area contributed by atoms with Crippen LogP contribution in [0.2, 0.25) is 0 Å². The van der Waals surface area contributed by atoms with Gasteiger partial charge >= 0.3 is 24.5 Å². The van der Waals surface area contributed by atoms with Gasteiger partial charge in [-0.05, 0) is 61.4 Å². The van der Waals surface area contributed by atoms with E-state index < -0.39 is 67.3 Å². The van der Waals surface area contributed by atoms with E-state index in [2.05, 4.69) is 0 Å². The first-order valence-corrected chi connectivity index (χ1v) is 12.2. The molecule has 2 aromatic carbocycles. The fourth-order valence-corrected chi connectivity index (χ4v) is 4.62. The lowest BCUT2D eigenvalue weighted by atomic mass is 9.78. The van der Waals surface area contributed by atoms with E-state index in [1.807, 2.05) is 0 Å². The topological polar surface area (TPSA) is 32.7 Å². The molecule has 0 bridgehead atoms. The number of aliphatic hydroxyl groups is 1. The van der Waals surface area contributed by atoms with Gasteiger partial charge in [0.1, 0.15) is 12.4 Å². The third-order valence-electron chi connectivity index (χ3n) is 6.83. The first-order chi connectivity index (χ1) is 18.4. The van der Waals surface area contributed by atoms with Crippen molar-refractivity contribution in [1.29, 1.82) is 0 Å². The highest BCUT2D eigenvalue weighted by atomic mass is 19.4. The van der Waals surface area contributed by atoms with Gasteiger partial charge in [-0.2, -0.15) is 48.3 Å². The molecular formula is C26H26F11NO2. The van der Waals surface area contributed by atoms with Crippen molar-refractivity contribution >= 4 is 5.69 Å². The molecule has 0 amide bonds. The van der Waals surface area contributed by atoms with Crippen molar-refractivity contribution in [3.63, 3.8) is 0 Å². The van der Waals surface area contributed by atoms with Crippen LogP contribution in [0, 0.1) is 11.8 Å². The van der Waals surface area contributed by atoms with Crippen LogP contribution in [0.3, 0.4) is 0 Å². The Kier molecular flexibility index (Phi) is 9.52. The lowest BCUT2D eigenvalue weighted by molar-refractivity contribution is -0.306. The molecule has 224 valence electrons. The lowest BCUT2D eigenvalue weighted by Crippen LogP contribution is -2.46. The average molecular weight is 593 g/mol. The molecule has 14 heteroatoms. The van der Waals surface area contributed by atoms with Crippen LogP contribution < -0.4 is 9.64 Å². The molecule has 1 aliphatic carbocycles. The van der Waals surface area contributed by atoms with E-state index in [1.54, 1.807) is 0 Å². The minimum absolute atomic E-state index is 0.0925. The minimum Gasteiger partial charge on any atom is -0.489 e. The zero-order chi connectivity index (χ0) is 29.9. The maximum absolute atomic E-state index is 13.7. The number of anilines is 1. The summed E-state index contributed by atoms with van der Waals surface area (Å²) >= 11 is 0. The molecule has 0 saturated heterocycles. The summed E-state index contributed by atoms with van der Waals surface area (Å²) in [5.74, 6) is -7.26. The number of benzene rings is 2. The third-order valence-corrected chi connectivity index (χ3v) is 6.83. The van der Waals surface area contributed by atoms with E-state index in [9.17, 15) is 53.4 Å². The molecule has 0 aliphatic heterocycles. The molecule has 0 aromatic heterocycles. The van der Waals surface area contributed by atoms with Crippen molar-refractivity contribution in [2.24, 2.45) is 11.8 Å². The second kappa shape index (κ2) is 12.0. The van der Waals surface area contributed by atoms with Gasteiger partial charge in [-0.15, -0.1) is 0 Å². The Balaban J connectivity index is 1.73. The minimum atomic E-state index is -5.71. The zero-order valence-electron chi connectivity index (χ0n) is 20.8. The molecular weight excluding hydrogens is 567 g/mol. The molecule has 0 heterocycles. The fourth-order valence-electron chi connectivity index (χ4n) is 4.62. The molecule has 1 saturated carbocycles. The summed E-state index contributed by atoms with van der Waals surface area (Å²) in [6.45, 7) is -1.41. The van der Waals surface area contributed by atoms with Gasteiger partial charge in [0.2, 0.25) is 0 Å². The van der Waals surface area contributed by atoms with Gasteiger partial charge in [0.05, 0.1) is 12.1 Å². The number of hydrogen-bond acceptors (Lipinski definition) is 3. The monoisotopic (exact) mass is 593 g/mol. The van der Waals surface area contributed by atoms with Crippen molar-refractivity contribution in [1.82, 2.24) is 0 Å². The molecule has 3 rings (SSSR count). The standard InChI is InChI=1S/C26H26F11NO2/c27-23(28,26(35,36)37)18-9-7-16(8-10-18)13-38(14-22(39)25(32,33)34)20-5-2-6-21(12-20)40-15-17-3-1-4-19(11-17)24(29,30)31/h1-6,11-12,16,18,22,39H,7-10,13-15H2. The summed E-state index contributed by atoms with van der Waals surface area (Å²) in [6, 6.07) is 9.87. The molecule has 0 radical (unpaired) electrons. The molecule has 1 unspecified atom stereocenters. The van der Waals surface area contributed by atoms with Crippen molar-refractivity contribution in [3.8, 4) is 5.75 Å². The molecule has 1 aliphatic rings. The molecule has 3 nitrogen and oxygen atoms in total. The average Bonchev–Trinajstić information content (AvgIpc) is 2.86. The summed E-state index contributed by atoms with van der Waals surface area (Å²) in [4.78, 5) is 1.14. The normalized spacial score (nSPS) is 19.8. The van der Waals surface area contributed by atoms with Crippen LogP contribution in [-0.2, 0) is 12.8 Å². The van der Waals surface area contributed by atoms with Gasteiger partial charge < -0.3 is 14.7 Å². The van der Waals surface area contributed by atoms with Crippen LogP contribution in [0.1, 0.15) is 36.8 Å². The molecule has 2 aromatic rings. The Morgan fingerprint density at radius 1 is 0.825 bits per heavy atom. The number of alkyl halides is 11. The largest absolute Gasteiger partial charge is 0.489 e. The van der Waals surface area contributed by atoms with E-state index in [-0.39, 0.29) is 43.0 Å². The Morgan fingerprint density at radius 2 is 1.45 bits per heavy atom. The van der Waals surface area contributed by atoms with Gasteiger partial charge in [-0.1, -0.05) is 18.2 Å². The van der Waals surface area contributed by atoms with Crippen molar-refractivity contribution in [2.45, 2.75) is 62.8 Å². The van der Waals surface area contributed by atoms with Crippen molar-refractivity contribution in [3.05, 3.63) is 59.7 Å². The quantitative estimate of drug-likeness (QED) is 0.299. The van der Waals surface area contributed by atoms with E-state index in [0.29, 0.717) is 0 Å². The second-order valence-electron chi connectivity index (χ2n) is 9.78. The van der Waals surface area contributed by atoms with Crippen LogP contribution in [0.4, 0.5) is 54.0 Å². The molecule has 1 N–H and O–H groups in total. The van der Waals surface area contributed by atoms with Gasteiger partial charge in [-0.25, -0.2) is 0 Å².